The van der Waals surface area contributed by atoms with Crippen LogP contribution in [0.15, 0.2) is 0 Å². The zero-order chi connectivity index (χ0) is 11.6. The van der Waals surface area contributed by atoms with Crippen molar-refractivity contribution in [3.63, 3.8) is 0 Å². The van der Waals surface area contributed by atoms with Crippen LogP contribution in [0.3, 0.4) is 0 Å². The first-order chi connectivity index (χ1) is 8.24. The van der Waals surface area contributed by atoms with E-state index in [0.29, 0.717) is 0 Å². The minimum absolute atomic E-state index is 0.0191. The molecular weight excluding hydrogens is 220 g/mol. The van der Waals surface area contributed by atoms with Crippen molar-refractivity contribution >= 4 is 11.9 Å². The number of carbonyl (C=O) groups is 2. The Balaban J connectivity index is 1.83. The summed E-state index contributed by atoms with van der Waals surface area (Å²) in [7, 11) is 0. The number of hydrogen-bond donors (Lipinski definition) is 0. The van der Waals surface area contributed by atoms with Crippen LogP contribution in [-0.4, -0.2) is 24.1 Å². The summed E-state index contributed by atoms with van der Waals surface area (Å²) < 4.78 is 10.9. The Bertz CT molecular complexity index is 364. The van der Waals surface area contributed by atoms with Crippen LogP contribution in [0.5, 0.6) is 0 Å². The van der Waals surface area contributed by atoms with Crippen molar-refractivity contribution in [2.75, 3.05) is 0 Å². The molecule has 4 nitrogen and oxygen atoms in total. The number of esters is 2. The van der Waals surface area contributed by atoms with Gasteiger partial charge in [0.25, 0.3) is 0 Å². The first-order valence-corrected chi connectivity index (χ1v) is 6.66. The van der Waals surface area contributed by atoms with Gasteiger partial charge in [-0.2, -0.15) is 0 Å². The largest absolute Gasteiger partial charge is 0.461 e. The molecule has 0 radical (unpaired) electrons. The molecule has 0 unspecified atom stereocenters. The number of ether oxygens (including phenoxy) is 2. The van der Waals surface area contributed by atoms with Crippen LogP contribution in [-0.2, 0) is 19.1 Å². The molecule has 2 aliphatic carbocycles. The molecule has 0 bridgehead atoms. The van der Waals surface area contributed by atoms with Gasteiger partial charge in [0.15, 0.2) is 5.41 Å². The van der Waals surface area contributed by atoms with Crippen molar-refractivity contribution in [3.05, 3.63) is 0 Å². The number of fused-ring (bicyclic) bond motifs is 4. The van der Waals surface area contributed by atoms with Crippen LogP contribution in [0, 0.1) is 17.3 Å². The Hall–Kier alpha value is -1.06. The fourth-order valence-electron chi connectivity index (χ4n) is 4.61. The monoisotopic (exact) mass is 236 g/mol. The van der Waals surface area contributed by atoms with E-state index in [0.717, 1.165) is 38.5 Å². The van der Waals surface area contributed by atoms with E-state index >= 15 is 0 Å². The average Bonchev–Trinajstić information content (AvgIpc) is 2.95. The summed E-state index contributed by atoms with van der Waals surface area (Å²) in [6.07, 6.45) is 5.81. The highest BCUT2D eigenvalue weighted by atomic mass is 16.6. The first kappa shape index (κ1) is 9.92. The zero-order valence-electron chi connectivity index (χ0n) is 9.69. The van der Waals surface area contributed by atoms with E-state index in [4.69, 9.17) is 9.47 Å². The second kappa shape index (κ2) is 3.03. The molecule has 2 saturated heterocycles. The molecule has 0 amide bonds. The lowest BCUT2D eigenvalue weighted by molar-refractivity contribution is -0.161. The molecule has 2 saturated carbocycles. The first-order valence-electron chi connectivity index (χ1n) is 6.66. The molecule has 0 aromatic rings. The maximum atomic E-state index is 12.2. The molecule has 4 aliphatic rings. The fourth-order valence-corrected chi connectivity index (χ4v) is 4.61. The molecule has 92 valence electrons. The van der Waals surface area contributed by atoms with Gasteiger partial charge in [-0.3, -0.25) is 9.59 Å². The van der Waals surface area contributed by atoms with E-state index in [-0.39, 0.29) is 36.0 Å². The molecule has 17 heavy (non-hydrogen) atoms. The van der Waals surface area contributed by atoms with E-state index in [9.17, 15) is 9.59 Å². The van der Waals surface area contributed by atoms with Crippen molar-refractivity contribution < 1.29 is 19.1 Å². The SMILES string of the molecule is O=C1O[C@H]2CCC[C@H]2C12C(=O)O[C@H]1CCC[C@H]12. The standard InChI is InChI=1S/C13H16O4/c14-11-13(7-3-1-5-9(7)16-11)8-4-2-6-10(8)17-12(13)15/h7-10H,1-6H2/t7-,8-,9+,10+,13?/m1/s1. The molecular formula is C13H16O4. The van der Waals surface area contributed by atoms with E-state index in [2.05, 4.69) is 0 Å². The second-order valence-corrected chi connectivity index (χ2v) is 5.83. The average molecular weight is 236 g/mol. The lowest BCUT2D eigenvalue weighted by Crippen LogP contribution is -2.43. The summed E-state index contributed by atoms with van der Waals surface area (Å²) in [5.74, 6) is -0.385. The summed E-state index contributed by atoms with van der Waals surface area (Å²) in [4.78, 5) is 24.5. The van der Waals surface area contributed by atoms with Crippen LogP contribution in [0.1, 0.15) is 38.5 Å². The van der Waals surface area contributed by atoms with Gasteiger partial charge in [0.2, 0.25) is 0 Å². The Morgan fingerprint density at radius 3 is 1.76 bits per heavy atom. The number of carbonyl (C=O) groups excluding carboxylic acids is 2. The minimum Gasteiger partial charge on any atom is -0.461 e. The van der Waals surface area contributed by atoms with E-state index < -0.39 is 5.41 Å². The molecule has 4 atom stereocenters. The van der Waals surface area contributed by atoms with Crippen molar-refractivity contribution in [3.8, 4) is 0 Å². The Kier molecular flexibility index (Phi) is 1.77. The third-order valence-corrected chi connectivity index (χ3v) is 5.27. The van der Waals surface area contributed by atoms with Crippen molar-refractivity contribution in [1.82, 2.24) is 0 Å². The summed E-state index contributed by atoms with van der Waals surface area (Å²) in [5.41, 5.74) is -0.914. The summed E-state index contributed by atoms with van der Waals surface area (Å²) in [6.45, 7) is 0. The molecule has 1 spiro atoms. The Labute approximate surface area is 99.6 Å². The van der Waals surface area contributed by atoms with Gasteiger partial charge in [-0.05, 0) is 38.5 Å². The fraction of sp³-hybridized carbons (Fsp3) is 0.846. The molecule has 0 N–H and O–H groups in total. The van der Waals surface area contributed by atoms with Gasteiger partial charge < -0.3 is 9.47 Å². The van der Waals surface area contributed by atoms with Crippen LogP contribution in [0.25, 0.3) is 0 Å². The number of hydrogen-bond acceptors (Lipinski definition) is 4. The molecule has 0 aromatic carbocycles. The lowest BCUT2D eigenvalue weighted by atomic mass is 9.67. The molecule has 0 aromatic heterocycles. The van der Waals surface area contributed by atoms with Crippen LogP contribution < -0.4 is 0 Å². The van der Waals surface area contributed by atoms with Crippen molar-refractivity contribution in [2.24, 2.45) is 17.3 Å². The van der Waals surface area contributed by atoms with Crippen molar-refractivity contribution in [2.45, 2.75) is 50.7 Å². The molecule has 4 rings (SSSR count). The highest BCUT2D eigenvalue weighted by molar-refractivity contribution is 6.04. The van der Waals surface area contributed by atoms with Crippen LogP contribution in [0.4, 0.5) is 0 Å². The van der Waals surface area contributed by atoms with Crippen LogP contribution in [0.2, 0.25) is 0 Å². The summed E-state index contributed by atoms with van der Waals surface area (Å²) >= 11 is 0. The molecule has 4 fully saturated rings. The van der Waals surface area contributed by atoms with Crippen molar-refractivity contribution in [1.29, 1.82) is 0 Å². The predicted octanol–water partition coefficient (Wildman–Crippen LogP) is 1.42. The van der Waals surface area contributed by atoms with Gasteiger partial charge in [-0.15, -0.1) is 0 Å². The van der Waals surface area contributed by atoms with Gasteiger partial charge in [-0.25, -0.2) is 0 Å². The summed E-state index contributed by atoms with van der Waals surface area (Å²) in [5, 5.41) is 0. The third kappa shape index (κ3) is 0.964. The number of rotatable bonds is 0. The lowest BCUT2D eigenvalue weighted by Gasteiger charge is -2.26. The topological polar surface area (TPSA) is 52.6 Å². The van der Waals surface area contributed by atoms with E-state index in [1.165, 1.54) is 0 Å². The third-order valence-electron chi connectivity index (χ3n) is 5.27. The smallest absolute Gasteiger partial charge is 0.324 e. The Morgan fingerprint density at radius 2 is 1.29 bits per heavy atom. The van der Waals surface area contributed by atoms with E-state index in [1.807, 2.05) is 0 Å². The Morgan fingerprint density at radius 1 is 0.824 bits per heavy atom. The van der Waals surface area contributed by atoms with Gasteiger partial charge in [0.1, 0.15) is 12.2 Å². The summed E-state index contributed by atoms with van der Waals surface area (Å²) in [6, 6.07) is 0. The van der Waals surface area contributed by atoms with Gasteiger partial charge in [-0.1, -0.05) is 0 Å². The van der Waals surface area contributed by atoms with E-state index in [1.54, 1.807) is 0 Å². The van der Waals surface area contributed by atoms with Gasteiger partial charge in [0.05, 0.1) is 0 Å². The zero-order valence-corrected chi connectivity index (χ0v) is 9.69. The molecule has 2 aliphatic heterocycles. The van der Waals surface area contributed by atoms with Crippen LogP contribution >= 0.6 is 0 Å². The maximum absolute atomic E-state index is 12.2. The van der Waals surface area contributed by atoms with Gasteiger partial charge in [0, 0.05) is 11.8 Å². The normalized spacial score (nSPS) is 45.9. The maximum Gasteiger partial charge on any atom is 0.324 e. The predicted molar refractivity (Wildman–Crippen MR) is 56.9 cm³/mol. The highest BCUT2D eigenvalue weighted by Gasteiger charge is 2.73. The second-order valence-electron chi connectivity index (χ2n) is 5.83. The molecule has 2 heterocycles. The quantitative estimate of drug-likeness (QED) is 0.471. The highest BCUT2D eigenvalue weighted by Crippen LogP contribution is 2.60. The van der Waals surface area contributed by atoms with Gasteiger partial charge >= 0.3 is 11.9 Å². The minimum atomic E-state index is -0.914. The molecule has 4 heteroatoms.